The van der Waals surface area contributed by atoms with Crippen LogP contribution in [0.15, 0.2) is 24.3 Å². The number of aryl methyl sites for hydroxylation is 2. The van der Waals surface area contributed by atoms with Crippen molar-refractivity contribution in [1.82, 2.24) is 9.97 Å². The molecule has 0 N–H and O–H groups in total. The number of carbonyl (C=O) groups is 1. The van der Waals surface area contributed by atoms with Gasteiger partial charge in [0.25, 0.3) is 0 Å². The van der Waals surface area contributed by atoms with Gasteiger partial charge in [0.15, 0.2) is 0 Å². The van der Waals surface area contributed by atoms with Crippen LogP contribution in [0, 0.1) is 12.7 Å². The van der Waals surface area contributed by atoms with E-state index in [0.29, 0.717) is 11.7 Å². The number of fused-ring (bicyclic) bond motifs is 1. The number of benzene rings is 1. The summed E-state index contributed by atoms with van der Waals surface area (Å²) in [5.41, 5.74) is 4.18. The Bertz CT molecular complexity index is 794. The topological polar surface area (TPSA) is 46.1 Å². The van der Waals surface area contributed by atoms with E-state index in [1.165, 1.54) is 35.9 Å². The summed E-state index contributed by atoms with van der Waals surface area (Å²) in [6, 6.07) is 6.30. The van der Waals surface area contributed by atoms with Gasteiger partial charge >= 0.3 is 0 Å². The lowest BCUT2D eigenvalue weighted by atomic mass is 9.95. The van der Waals surface area contributed by atoms with E-state index in [1.54, 1.807) is 17.0 Å². The number of nitrogens with zero attached hydrogens (tertiary/aromatic N) is 3. The van der Waals surface area contributed by atoms with E-state index in [1.807, 2.05) is 6.92 Å². The highest BCUT2D eigenvalue weighted by atomic mass is 32.2. The highest BCUT2D eigenvalue weighted by molar-refractivity contribution is 8.00. The van der Waals surface area contributed by atoms with Crippen LogP contribution in [0.4, 0.5) is 10.3 Å². The molecule has 2 heterocycles. The molecule has 1 atom stereocenters. The molecule has 1 amide bonds. The number of thioether (sulfide) groups is 1. The molecule has 0 spiro atoms. The van der Waals surface area contributed by atoms with E-state index in [0.717, 1.165) is 36.2 Å². The maximum Gasteiger partial charge on any atom is 0.240 e. The Balaban J connectivity index is 1.74. The molecule has 4 rings (SSSR count). The molecular weight excluding hydrogens is 325 g/mol. The maximum absolute atomic E-state index is 13.2. The van der Waals surface area contributed by atoms with Gasteiger partial charge in [-0.2, -0.15) is 0 Å². The summed E-state index contributed by atoms with van der Waals surface area (Å²) in [7, 11) is 0. The summed E-state index contributed by atoms with van der Waals surface area (Å²) in [6.07, 6.45) is 4.27. The van der Waals surface area contributed by atoms with Gasteiger partial charge in [-0.1, -0.05) is 12.1 Å². The van der Waals surface area contributed by atoms with Crippen LogP contribution in [0.25, 0.3) is 0 Å². The van der Waals surface area contributed by atoms with Crippen LogP contribution in [-0.2, 0) is 17.6 Å². The SMILES string of the molecule is Cc1nc(N2C(=O)CSC2c2ccc(F)cc2)nc2c1CCCC2. The number of halogens is 1. The standard InChI is InChI=1S/C18H18FN3OS/c1-11-14-4-2-3-5-15(14)21-18(20-11)22-16(23)10-24-17(22)12-6-8-13(19)9-7-12/h6-9,17H,2-5,10H2,1H3. The van der Waals surface area contributed by atoms with E-state index in [4.69, 9.17) is 4.98 Å². The van der Waals surface area contributed by atoms with Crippen LogP contribution in [-0.4, -0.2) is 21.6 Å². The summed E-state index contributed by atoms with van der Waals surface area (Å²) in [4.78, 5) is 23.4. The Labute approximate surface area is 144 Å². The molecule has 1 fully saturated rings. The Kier molecular flexibility index (Phi) is 4.00. The second kappa shape index (κ2) is 6.16. The van der Waals surface area contributed by atoms with Gasteiger partial charge in [0.2, 0.25) is 11.9 Å². The molecule has 2 aliphatic rings. The first kappa shape index (κ1) is 15.6. The lowest BCUT2D eigenvalue weighted by Crippen LogP contribution is -2.30. The normalized spacial score (nSPS) is 20.3. The van der Waals surface area contributed by atoms with Crippen LogP contribution in [0.1, 0.15) is 40.7 Å². The number of rotatable bonds is 2. The number of hydrogen-bond donors (Lipinski definition) is 0. The van der Waals surface area contributed by atoms with Crippen LogP contribution in [0.2, 0.25) is 0 Å². The Morgan fingerprint density at radius 2 is 1.92 bits per heavy atom. The monoisotopic (exact) mass is 343 g/mol. The number of amides is 1. The first-order valence-electron chi connectivity index (χ1n) is 8.19. The van der Waals surface area contributed by atoms with E-state index in [-0.39, 0.29) is 17.1 Å². The quantitative estimate of drug-likeness (QED) is 0.836. The Hall–Kier alpha value is -1.95. The van der Waals surface area contributed by atoms with Crippen molar-refractivity contribution in [2.45, 2.75) is 38.0 Å². The van der Waals surface area contributed by atoms with Gasteiger partial charge in [-0.25, -0.2) is 14.4 Å². The molecular formula is C18H18FN3OS. The van der Waals surface area contributed by atoms with Crippen molar-refractivity contribution in [3.05, 3.63) is 52.6 Å². The van der Waals surface area contributed by atoms with Gasteiger partial charge in [-0.15, -0.1) is 11.8 Å². The van der Waals surface area contributed by atoms with Crippen LogP contribution >= 0.6 is 11.8 Å². The number of anilines is 1. The summed E-state index contributed by atoms with van der Waals surface area (Å²) >= 11 is 1.53. The minimum absolute atomic E-state index is 0.00415. The van der Waals surface area contributed by atoms with E-state index in [2.05, 4.69) is 4.98 Å². The molecule has 1 aromatic carbocycles. The molecule has 1 aromatic heterocycles. The van der Waals surface area contributed by atoms with Crippen molar-refractivity contribution >= 4 is 23.6 Å². The third-order valence-electron chi connectivity index (χ3n) is 4.62. The lowest BCUT2D eigenvalue weighted by molar-refractivity contribution is -0.115. The van der Waals surface area contributed by atoms with Crippen molar-refractivity contribution < 1.29 is 9.18 Å². The number of carbonyl (C=O) groups excluding carboxylic acids is 1. The van der Waals surface area contributed by atoms with E-state index in [9.17, 15) is 9.18 Å². The van der Waals surface area contributed by atoms with Gasteiger partial charge in [-0.05, 0) is 55.9 Å². The molecule has 0 radical (unpaired) electrons. The second-order valence-corrected chi connectivity index (χ2v) is 7.29. The largest absolute Gasteiger partial charge is 0.273 e. The molecule has 1 aliphatic carbocycles. The Morgan fingerprint density at radius 3 is 2.71 bits per heavy atom. The van der Waals surface area contributed by atoms with Crippen LogP contribution in [0.3, 0.4) is 0 Å². The van der Waals surface area contributed by atoms with Crippen molar-refractivity contribution in [3.63, 3.8) is 0 Å². The molecule has 4 nitrogen and oxygen atoms in total. The summed E-state index contributed by atoms with van der Waals surface area (Å²) < 4.78 is 13.2. The molecule has 24 heavy (non-hydrogen) atoms. The Morgan fingerprint density at radius 1 is 1.17 bits per heavy atom. The molecule has 0 saturated carbocycles. The van der Waals surface area contributed by atoms with Crippen LogP contribution in [0.5, 0.6) is 0 Å². The fourth-order valence-electron chi connectivity index (χ4n) is 3.39. The molecule has 1 unspecified atom stereocenters. The third-order valence-corrected chi connectivity index (χ3v) is 5.83. The minimum Gasteiger partial charge on any atom is -0.273 e. The van der Waals surface area contributed by atoms with Crippen molar-refractivity contribution in [1.29, 1.82) is 0 Å². The van der Waals surface area contributed by atoms with Gasteiger partial charge in [0, 0.05) is 11.4 Å². The predicted molar refractivity (Wildman–Crippen MR) is 92.5 cm³/mol. The van der Waals surface area contributed by atoms with Crippen molar-refractivity contribution in [2.24, 2.45) is 0 Å². The zero-order valence-corrected chi connectivity index (χ0v) is 14.3. The molecule has 0 bridgehead atoms. The highest BCUT2D eigenvalue weighted by Crippen LogP contribution is 2.41. The minimum atomic E-state index is -0.277. The second-order valence-electron chi connectivity index (χ2n) is 6.22. The van der Waals surface area contributed by atoms with E-state index < -0.39 is 0 Å². The lowest BCUT2D eigenvalue weighted by Gasteiger charge is -2.25. The number of aromatic nitrogens is 2. The molecule has 1 aliphatic heterocycles. The molecule has 1 saturated heterocycles. The average Bonchev–Trinajstić information content (AvgIpc) is 2.97. The zero-order valence-electron chi connectivity index (χ0n) is 13.5. The molecule has 2 aromatic rings. The average molecular weight is 343 g/mol. The smallest absolute Gasteiger partial charge is 0.240 e. The summed E-state index contributed by atoms with van der Waals surface area (Å²) in [5, 5.41) is -0.195. The molecule has 124 valence electrons. The first-order chi connectivity index (χ1) is 11.6. The van der Waals surface area contributed by atoms with Gasteiger partial charge in [-0.3, -0.25) is 9.69 Å². The van der Waals surface area contributed by atoms with Gasteiger partial charge in [0.1, 0.15) is 11.2 Å². The first-order valence-corrected chi connectivity index (χ1v) is 9.24. The zero-order chi connectivity index (χ0) is 16.7. The van der Waals surface area contributed by atoms with E-state index >= 15 is 0 Å². The highest BCUT2D eigenvalue weighted by Gasteiger charge is 2.36. The fourth-order valence-corrected chi connectivity index (χ4v) is 4.54. The van der Waals surface area contributed by atoms with Crippen LogP contribution < -0.4 is 4.90 Å². The van der Waals surface area contributed by atoms with Crippen molar-refractivity contribution in [2.75, 3.05) is 10.7 Å². The number of hydrogen-bond acceptors (Lipinski definition) is 4. The van der Waals surface area contributed by atoms with Gasteiger partial charge in [0.05, 0.1) is 5.75 Å². The summed E-state index contributed by atoms with van der Waals surface area (Å²) in [5.74, 6) is 0.601. The molecule has 6 heteroatoms. The van der Waals surface area contributed by atoms with Crippen molar-refractivity contribution in [3.8, 4) is 0 Å². The summed E-state index contributed by atoms with van der Waals surface area (Å²) in [6.45, 7) is 2.00. The third kappa shape index (κ3) is 2.69. The fraction of sp³-hybridized carbons (Fsp3) is 0.389. The maximum atomic E-state index is 13.2. The predicted octanol–water partition coefficient (Wildman–Crippen LogP) is 3.58. The van der Waals surface area contributed by atoms with Gasteiger partial charge < -0.3 is 0 Å².